The van der Waals surface area contributed by atoms with E-state index in [1.54, 1.807) is 13.3 Å². The van der Waals surface area contributed by atoms with E-state index in [1.165, 1.54) is 0 Å². The van der Waals surface area contributed by atoms with Crippen molar-refractivity contribution in [1.82, 2.24) is 9.97 Å². The van der Waals surface area contributed by atoms with Crippen molar-refractivity contribution in [3.05, 3.63) is 59.8 Å². The van der Waals surface area contributed by atoms with E-state index in [0.29, 0.717) is 12.4 Å². The molecule has 0 aliphatic rings. The molecule has 4 nitrogen and oxygen atoms in total. The first kappa shape index (κ1) is 13.4. The summed E-state index contributed by atoms with van der Waals surface area (Å²) in [5, 5.41) is 4.54. The standard InChI is InChI=1S/C17H17N3O/c1-12-9-14-5-3-4-6-15(14)20-17(12)19-11-13-7-8-18-16(10-13)21-2/h3-10H,11H2,1-2H3,(H,19,20). The van der Waals surface area contributed by atoms with Gasteiger partial charge in [-0.3, -0.25) is 0 Å². The van der Waals surface area contributed by atoms with Gasteiger partial charge in [0.1, 0.15) is 5.82 Å². The molecule has 4 heteroatoms. The molecule has 3 aromatic rings. The fourth-order valence-corrected chi connectivity index (χ4v) is 2.26. The van der Waals surface area contributed by atoms with E-state index < -0.39 is 0 Å². The lowest BCUT2D eigenvalue weighted by Gasteiger charge is -2.10. The molecule has 0 atom stereocenters. The zero-order valence-corrected chi connectivity index (χ0v) is 12.1. The number of nitrogens with zero attached hydrogens (tertiary/aromatic N) is 2. The van der Waals surface area contributed by atoms with Crippen molar-refractivity contribution in [3.63, 3.8) is 0 Å². The summed E-state index contributed by atoms with van der Waals surface area (Å²) >= 11 is 0. The smallest absolute Gasteiger partial charge is 0.213 e. The zero-order chi connectivity index (χ0) is 14.7. The molecule has 1 aromatic carbocycles. The Hall–Kier alpha value is -2.62. The Bertz CT molecular complexity index is 771. The Balaban J connectivity index is 1.82. The average Bonchev–Trinajstić information content (AvgIpc) is 2.53. The number of ether oxygens (including phenoxy) is 1. The van der Waals surface area contributed by atoms with Crippen molar-refractivity contribution in [2.24, 2.45) is 0 Å². The summed E-state index contributed by atoms with van der Waals surface area (Å²) in [7, 11) is 1.62. The second kappa shape index (κ2) is 5.79. The average molecular weight is 279 g/mol. The molecule has 21 heavy (non-hydrogen) atoms. The first-order chi connectivity index (χ1) is 10.3. The lowest BCUT2D eigenvalue weighted by molar-refractivity contribution is 0.397. The van der Waals surface area contributed by atoms with Crippen LogP contribution in [-0.2, 0) is 6.54 Å². The Kier molecular flexibility index (Phi) is 3.69. The Morgan fingerprint density at radius 1 is 1.14 bits per heavy atom. The van der Waals surface area contributed by atoms with Gasteiger partial charge in [0.2, 0.25) is 5.88 Å². The number of aromatic nitrogens is 2. The predicted molar refractivity (Wildman–Crippen MR) is 84.6 cm³/mol. The maximum atomic E-state index is 5.13. The maximum Gasteiger partial charge on any atom is 0.213 e. The number of hydrogen-bond donors (Lipinski definition) is 1. The minimum Gasteiger partial charge on any atom is -0.481 e. The molecule has 0 saturated carbocycles. The van der Waals surface area contributed by atoms with Crippen LogP contribution in [0, 0.1) is 6.92 Å². The van der Waals surface area contributed by atoms with Crippen LogP contribution in [0.5, 0.6) is 5.88 Å². The molecule has 2 aromatic heterocycles. The molecule has 0 bridgehead atoms. The van der Waals surface area contributed by atoms with Gasteiger partial charge in [-0.05, 0) is 36.2 Å². The van der Waals surface area contributed by atoms with Gasteiger partial charge in [0.15, 0.2) is 0 Å². The summed E-state index contributed by atoms with van der Waals surface area (Å²) in [4.78, 5) is 8.78. The van der Waals surface area contributed by atoms with Crippen LogP contribution >= 0.6 is 0 Å². The van der Waals surface area contributed by atoms with E-state index in [-0.39, 0.29) is 0 Å². The fraction of sp³-hybridized carbons (Fsp3) is 0.176. The Morgan fingerprint density at radius 3 is 2.86 bits per heavy atom. The quantitative estimate of drug-likeness (QED) is 0.793. The van der Waals surface area contributed by atoms with E-state index in [0.717, 1.165) is 27.8 Å². The van der Waals surface area contributed by atoms with Gasteiger partial charge in [-0.15, -0.1) is 0 Å². The van der Waals surface area contributed by atoms with E-state index >= 15 is 0 Å². The molecule has 106 valence electrons. The van der Waals surface area contributed by atoms with Gasteiger partial charge in [0.25, 0.3) is 0 Å². The van der Waals surface area contributed by atoms with Gasteiger partial charge in [0.05, 0.1) is 12.6 Å². The van der Waals surface area contributed by atoms with Crippen LogP contribution in [0.2, 0.25) is 0 Å². The molecule has 0 saturated heterocycles. The minimum absolute atomic E-state index is 0.623. The highest BCUT2D eigenvalue weighted by Crippen LogP contribution is 2.20. The third-order valence-electron chi connectivity index (χ3n) is 3.38. The summed E-state index contributed by atoms with van der Waals surface area (Å²) < 4.78 is 5.13. The molecular formula is C17H17N3O. The van der Waals surface area contributed by atoms with Crippen molar-refractivity contribution in [2.45, 2.75) is 13.5 Å². The van der Waals surface area contributed by atoms with Gasteiger partial charge >= 0.3 is 0 Å². The number of hydrogen-bond acceptors (Lipinski definition) is 4. The molecule has 2 heterocycles. The molecular weight excluding hydrogens is 262 g/mol. The highest BCUT2D eigenvalue weighted by Gasteiger charge is 2.04. The second-order valence-corrected chi connectivity index (χ2v) is 4.91. The number of anilines is 1. The SMILES string of the molecule is COc1cc(CNc2nc3ccccc3cc2C)ccn1. The predicted octanol–water partition coefficient (Wildman–Crippen LogP) is 3.56. The molecule has 0 radical (unpaired) electrons. The number of fused-ring (bicyclic) bond motifs is 1. The molecule has 0 aliphatic carbocycles. The normalized spacial score (nSPS) is 10.6. The van der Waals surface area contributed by atoms with Crippen molar-refractivity contribution < 1.29 is 4.74 Å². The third-order valence-corrected chi connectivity index (χ3v) is 3.38. The molecule has 0 aliphatic heterocycles. The lowest BCUT2D eigenvalue weighted by Crippen LogP contribution is -2.04. The number of aryl methyl sites for hydroxylation is 1. The van der Waals surface area contributed by atoms with Gasteiger partial charge in [0, 0.05) is 24.2 Å². The Morgan fingerprint density at radius 2 is 2.00 bits per heavy atom. The van der Waals surface area contributed by atoms with Crippen LogP contribution in [0.1, 0.15) is 11.1 Å². The number of methoxy groups -OCH3 is 1. The number of benzene rings is 1. The monoisotopic (exact) mass is 279 g/mol. The van der Waals surface area contributed by atoms with Crippen molar-refractivity contribution in [1.29, 1.82) is 0 Å². The number of pyridine rings is 2. The van der Waals surface area contributed by atoms with Gasteiger partial charge in [-0.2, -0.15) is 0 Å². The molecule has 0 amide bonds. The van der Waals surface area contributed by atoms with Crippen LogP contribution in [0.4, 0.5) is 5.82 Å². The first-order valence-electron chi connectivity index (χ1n) is 6.85. The van der Waals surface area contributed by atoms with Crippen molar-refractivity contribution in [2.75, 3.05) is 12.4 Å². The van der Waals surface area contributed by atoms with Crippen LogP contribution in [-0.4, -0.2) is 17.1 Å². The summed E-state index contributed by atoms with van der Waals surface area (Å²) in [6.07, 6.45) is 1.75. The van der Waals surface area contributed by atoms with Gasteiger partial charge in [-0.1, -0.05) is 18.2 Å². The summed E-state index contributed by atoms with van der Waals surface area (Å²) in [5.41, 5.74) is 3.24. The fourth-order valence-electron chi connectivity index (χ4n) is 2.26. The molecule has 0 unspecified atom stereocenters. The summed E-state index contributed by atoms with van der Waals surface area (Å²) in [5.74, 6) is 1.53. The topological polar surface area (TPSA) is 47.0 Å². The Labute approximate surface area is 123 Å². The second-order valence-electron chi connectivity index (χ2n) is 4.91. The zero-order valence-electron chi connectivity index (χ0n) is 12.1. The maximum absolute atomic E-state index is 5.13. The van der Waals surface area contributed by atoms with Crippen LogP contribution in [0.25, 0.3) is 10.9 Å². The molecule has 1 N–H and O–H groups in total. The largest absolute Gasteiger partial charge is 0.481 e. The van der Waals surface area contributed by atoms with E-state index in [9.17, 15) is 0 Å². The van der Waals surface area contributed by atoms with Gasteiger partial charge in [-0.25, -0.2) is 9.97 Å². The van der Waals surface area contributed by atoms with E-state index in [1.807, 2.05) is 30.3 Å². The molecule has 0 fully saturated rings. The van der Waals surface area contributed by atoms with Crippen LogP contribution < -0.4 is 10.1 Å². The van der Waals surface area contributed by atoms with Crippen molar-refractivity contribution in [3.8, 4) is 5.88 Å². The number of para-hydroxylation sites is 1. The van der Waals surface area contributed by atoms with Crippen LogP contribution in [0.15, 0.2) is 48.7 Å². The highest BCUT2D eigenvalue weighted by molar-refractivity contribution is 5.81. The lowest BCUT2D eigenvalue weighted by atomic mass is 10.1. The van der Waals surface area contributed by atoms with E-state index in [4.69, 9.17) is 4.74 Å². The van der Waals surface area contributed by atoms with Crippen LogP contribution in [0.3, 0.4) is 0 Å². The third kappa shape index (κ3) is 2.94. The van der Waals surface area contributed by atoms with Crippen molar-refractivity contribution >= 4 is 16.7 Å². The van der Waals surface area contributed by atoms with E-state index in [2.05, 4.69) is 34.3 Å². The number of rotatable bonds is 4. The summed E-state index contributed by atoms with van der Waals surface area (Å²) in [6.45, 7) is 2.75. The number of nitrogens with one attached hydrogen (secondary N) is 1. The molecule has 0 spiro atoms. The molecule has 3 rings (SSSR count). The van der Waals surface area contributed by atoms with Gasteiger partial charge < -0.3 is 10.1 Å². The first-order valence-corrected chi connectivity index (χ1v) is 6.85. The summed E-state index contributed by atoms with van der Waals surface area (Å²) in [6, 6.07) is 14.2. The minimum atomic E-state index is 0.623. The highest BCUT2D eigenvalue weighted by atomic mass is 16.5.